The SMILES string of the molecule is CC[C@H](C(=O)N[C@@H](C)CC)N(Cc1ccccc1C)C(=O)COc1ccc(OC)cc1. The summed E-state index contributed by atoms with van der Waals surface area (Å²) in [5.41, 5.74) is 2.09. The average Bonchev–Trinajstić information content (AvgIpc) is 2.78. The van der Waals surface area contributed by atoms with Crippen molar-refractivity contribution in [2.75, 3.05) is 13.7 Å². The topological polar surface area (TPSA) is 67.9 Å². The fourth-order valence-corrected chi connectivity index (χ4v) is 3.23. The predicted octanol–water partition coefficient (Wildman–Crippen LogP) is 4.10. The normalized spacial score (nSPS) is 12.5. The highest BCUT2D eigenvalue weighted by molar-refractivity contribution is 5.88. The first-order valence-corrected chi connectivity index (χ1v) is 10.8. The lowest BCUT2D eigenvalue weighted by Gasteiger charge is -2.31. The third-order valence-corrected chi connectivity index (χ3v) is 5.41. The number of rotatable bonds is 11. The van der Waals surface area contributed by atoms with Gasteiger partial charge in [0.25, 0.3) is 5.91 Å². The van der Waals surface area contributed by atoms with Crippen molar-refractivity contribution in [1.29, 1.82) is 0 Å². The first-order chi connectivity index (χ1) is 14.9. The molecular formula is C25H34N2O4. The highest BCUT2D eigenvalue weighted by Crippen LogP contribution is 2.19. The predicted molar refractivity (Wildman–Crippen MR) is 122 cm³/mol. The Bertz CT molecular complexity index is 851. The van der Waals surface area contributed by atoms with Gasteiger partial charge in [-0.2, -0.15) is 0 Å². The molecular weight excluding hydrogens is 392 g/mol. The van der Waals surface area contributed by atoms with Gasteiger partial charge in [0, 0.05) is 12.6 Å². The van der Waals surface area contributed by atoms with E-state index in [1.807, 2.05) is 52.0 Å². The van der Waals surface area contributed by atoms with Crippen LogP contribution in [0.25, 0.3) is 0 Å². The van der Waals surface area contributed by atoms with Crippen LogP contribution < -0.4 is 14.8 Å². The van der Waals surface area contributed by atoms with Crippen molar-refractivity contribution >= 4 is 11.8 Å². The number of aryl methyl sites for hydroxylation is 1. The maximum atomic E-state index is 13.2. The van der Waals surface area contributed by atoms with E-state index in [9.17, 15) is 9.59 Å². The Morgan fingerprint density at radius 2 is 1.65 bits per heavy atom. The molecule has 0 saturated heterocycles. The lowest BCUT2D eigenvalue weighted by molar-refractivity contribution is -0.143. The quantitative estimate of drug-likeness (QED) is 0.587. The molecule has 2 rings (SSSR count). The maximum absolute atomic E-state index is 13.2. The Kier molecular flexibility index (Phi) is 9.38. The van der Waals surface area contributed by atoms with Crippen LogP contribution in [0.4, 0.5) is 0 Å². The lowest BCUT2D eigenvalue weighted by atomic mass is 10.1. The number of ether oxygens (including phenoxy) is 2. The van der Waals surface area contributed by atoms with Gasteiger partial charge < -0.3 is 19.7 Å². The van der Waals surface area contributed by atoms with E-state index >= 15 is 0 Å². The second-order valence-corrected chi connectivity index (χ2v) is 7.65. The van der Waals surface area contributed by atoms with Crippen LogP contribution in [0, 0.1) is 6.92 Å². The van der Waals surface area contributed by atoms with Crippen molar-refractivity contribution in [3.05, 3.63) is 59.7 Å². The molecule has 168 valence electrons. The van der Waals surface area contributed by atoms with Gasteiger partial charge in [-0.25, -0.2) is 0 Å². The number of benzene rings is 2. The molecule has 0 aliphatic heterocycles. The number of amides is 2. The average molecular weight is 427 g/mol. The zero-order chi connectivity index (χ0) is 22.8. The van der Waals surface area contributed by atoms with Gasteiger partial charge in [0.1, 0.15) is 17.5 Å². The lowest BCUT2D eigenvalue weighted by Crippen LogP contribution is -2.51. The van der Waals surface area contributed by atoms with E-state index in [0.717, 1.165) is 17.5 Å². The van der Waals surface area contributed by atoms with Gasteiger partial charge in [0.05, 0.1) is 7.11 Å². The number of carbonyl (C=O) groups excluding carboxylic acids is 2. The molecule has 0 fully saturated rings. The highest BCUT2D eigenvalue weighted by atomic mass is 16.5. The minimum Gasteiger partial charge on any atom is -0.497 e. The molecule has 1 N–H and O–H groups in total. The monoisotopic (exact) mass is 426 g/mol. The van der Waals surface area contributed by atoms with Gasteiger partial charge in [-0.1, -0.05) is 38.1 Å². The molecule has 2 aromatic carbocycles. The summed E-state index contributed by atoms with van der Waals surface area (Å²) >= 11 is 0. The number of nitrogens with zero attached hydrogens (tertiary/aromatic N) is 1. The van der Waals surface area contributed by atoms with Crippen molar-refractivity contribution in [2.45, 2.75) is 59.2 Å². The summed E-state index contributed by atoms with van der Waals surface area (Å²) in [6, 6.07) is 14.4. The van der Waals surface area contributed by atoms with Crippen LogP contribution in [0.3, 0.4) is 0 Å². The van der Waals surface area contributed by atoms with E-state index < -0.39 is 6.04 Å². The molecule has 0 spiro atoms. The van der Waals surface area contributed by atoms with Gasteiger partial charge in [0.15, 0.2) is 6.61 Å². The molecule has 2 aromatic rings. The molecule has 0 aliphatic carbocycles. The second kappa shape index (κ2) is 12.0. The fraction of sp³-hybridized carbons (Fsp3) is 0.440. The highest BCUT2D eigenvalue weighted by Gasteiger charge is 2.29. The number of nitrogens with one attached hydrogen (secondary N) is 1. The van der Waals surface area contributed by atoms with Crippen LogP contribution in [0.5, 0.6) is 11.5 Å². The standard InChI is InChI=1S/C25H34N2O4/c1-6-19(4)26-25(29)23(7-2)27(16-20-11-9-8-10-18(20)3)24(28)17-31-22-14-12-21(30-5)13-15-22/h8-15,19,23H,6-7,16-17H2,1-5H3,(H,26,29)/t19-,23+/m0/s1. The van der Waals surface area contributed by atoms with Crippen LogP contribution in [-0.4, -0.2) is 42.5 Å². The Labute approximate surface area is 185 Å². The third kappa shape index (κ3) is 7.02. The fourth-order valence-electron chi connectivity index (χ4n) is 3.23. The molecule has 31 heavy (non-hydrogen) atoms. The number of methoxy groups -OCH3 is 1. The van der Waals surface area contributed by atoms with Crippen LogP contribution in [0.2, 0.25) is 0 Å². The summed E-state index contributed by atoms with van der Waals surface area (Å²) in [7, 11) is 1.60. The Balaban J connectivity index is 2.20. The summed E-state index contributed by atoms with van der Waals surface area (Å²) < 4.78 is 10.9. The second-order valence-electron chi connectivity index (χ2n) is 7.65. The van der Waals surface area contributed by atoms with E-state index in [0.29, 0.717) is 24.5 Å². The summed E-state index contributed by atoms with van der Waals surface area (Å²) in [5, 5.41) is 3.02. The molecule has 0 radical (unpaired) electrons. The first-order valence-electron chi connectivity index (χ1n) is 10.8. The van der Waals surface area contributed by atoms with Crippen molar-refractivity contribution in [2.24, 2.45) is 0 Å². The smallest absolute Gasteiger partial charge is 0.261 e. The van der Waals surface area contributed by atoms with E-state index in [1.54, 1.807) is 36.3 Å². The molecule has 2 atom stereocenters. The molecule has 0 unspecified atom stereocenters. The maximum Gasteiger partial charge on any atom is 0.261 e. The number of carbonyl (C=O) groups is 2. The molecule has 6 nitrogen and oxygen atoms in total. The van der Waals surface area contributed by atoms with E-state index in [-0.39, 0.29) is 24.5 Å². The zero-order valence-electron chi connectivity index (χ0n) is 19.2. The number of hydrogen-bond donors (Lipinski definition) is 1. The van der Waals surface area contributed by atoms with Crippen molar-refractivity contribution in [1.82, 2.24) is 10.2 Å². The van der Waals surface area contributed by atoms with E-state index in [1.165, 1.54) is 0 Å². The van der Waals surface area contributed by atoms with E-state index in [4.69, 9.17) is 9.47 Å². The summed E-state index contributed by atoms with van der Waals surface area (Å²) in [6.45, 7) is 8.11. The molecule has 2 amide bonds. The molecule has 0 aromatic heterocycles. The van der Waals surface area contributed by atoms with E-state index in [2.05, 4.69) is 5.32 Å². The van der Waals surface area contributed by atoms with Crippen LogP contribution in [0.1, 0.15) is 44.7 Å². The van der Waals surface area contributed by atoms with Gasteiger partial charge in [-0.15, -0.1) is 0 Å². The number of hydrogen-bond acceptors (Lipinski definition) is 4. The summed E-state index contributed by atoms with van der Waals surface area (Å²) in [4.78, 5) is 27.8. The van der Waals surface area contributed by atoms with Crippen molar-refractivity contribution in [3.8, 4) is 11.5 Å². The van der Waals surface area contributed by atoms with Gasteiger partial charge >= 0.3 is 0 Å². The Morgan fingerprint density at radius 1 is 1.00 bits per heavy atom. The molecule has 0 bridgehead atoms. The first kappa shape index (κ1) is 24.3. The van der Waals surface area contributed by atoms with Gasteiger partial charge in [0.2, 0.25) is 5.91 Å². The van der Waals surface area contributed by atoms with Crippen molar-refractivity contribution < 1.29 is 19.1 Å². The molecule has 0 heterocycles. The Morgan fingerprint density at radius 3 is 2.23 bits per heavy atom. The van der Waals surface area contributed by atoms with Crippen molar-refractivity contribution in [3.63, 3.8) is 0 Å². The van der Waals surface area contributed by atoms with Gasteiger partial charge in [-0.05, 0) is 62.1 Å². The third-order valence-electron chi connectivity index (χ3n) is 5.41. The molecule has 0 aliphatic rings. The minimum atomic E-state index is -0.569. The largest absolute Gasteiger partial charge is 0.497 e. The summed E-state index contributed by atoms with van der Waals surface area (Å²) in [5.74, 6) is 0.920. The van der Waals surface area contributed by atoms with Gasteiger partial charge in [-0.3, -0.25) is 9.59 Å². The minimum absolute atomic E-state index is 0.0486. The van der Waals surface area contributed by atoms with Crippen LogP contribution >= 0.6 is 0 Å². The zero-order valence-corrected chi connectivity index (χ0v) is 19.2. The van der Waals surface area contributed by atoms with Crippen LogP contribution in [0.15, 0.2) is 48.5 Å². The molecule has 6 heteroatoms. The van der Waals surface area contributed by atoms with Crippen LogP contribution in [-0.2, 0) is 16.1 Å². The Hall–Kier alpha value is -3.02. The molecule has 0 saturated carbocycles. The summed E-state index contributed by atoms with van der Waals surface area (Å²) in [6.07, 6.45) is 1.34.